The number of nitrogens with one attached hydrogen (secondary N) is 1. The van der Waals surface area contributed by atoms with Gasteiger partial charge in [-0.1, -0.05) is 25.1 Å². The molecule has 1 aliphatic heterocycles. The minimum atomic E-state index is -0.617. The Kier molecular flexibility index (Phi) is 7.37. The van der Waals surface area contributed by atoms with Gasteiger partial charge in [0.05, 0.1) is 18.1 Å². The number of benzene rings is 2. The summed E-state index contributed by atoms with van der Waals surface area (Å²) in [4.78, 5) is 49.9. The average Bonchev–Trinajstić information content (AvgIpc) is 3.18. The number of hydrogen-bond donors (Lipinski definition) is 1. The van der Waals surface area contributed by atoms with E-state index >= 15 is 0 Å². The summed E-state index contributed by atoms with van der Waals surface area (Å²) >= 11 is 0. The molecule has 0 spiro atoms. The van der Waals surface area contributed by atoms with E-state index in [1.165, 1.54) is 0 Å². The third kappa shape index (κ3) is 5.91. The van der Waals surface area contributed by atoms with Gasteiger partial charge in [-0.15, -0.1) is 0 Å². The monoisotopic (exact) mass is 424 g/mol. The van der Waals surface area contributed by atoms with Crippen molar-refractivity contribution in [1.29, 1.82) is 0 Å². The molecule has 1 heterocycles. The number of para-hydroxylation sites is 1. The Morgan fingerprint density at radius 1 is 1.03 bits per heavy atom. The smallest absolute Gasteiger partial charge is 0.338 e. The molecule has 1 aliphatic rings. The van der Waals surface area contributed by atoms with Crippen molar-refractivity contribution in [2.24, 2.45) is 5.92 Å². The van der Waals surface area contributed by atoms with Crippen molar-refractivity contribution >= 4 is 35.1 Å². The Bertz CT molecular complexity index is 942. The molecule has 1 saturated heterocycles. The van der Waals surface area contributed by atoms with Gasteiger partial charge in [-0.2, -0.15) is 0 Å². The molecule has 1 N–H and O–H groups in total. The first-order valence-corrected chi connectivity index (χ1v) is 10.1. The fourth-order valence-electron chi connectivity index (χ4n) is 3.14. The van der Waals surface area contributed by atoms with Crippen LogP contribution in [0.2, 0.25) is 0 Å². The van der Waals surface area contributed by atoms with Crippen molar-refractivity contribution < 1.29 is 28.7 Å². The predicted molar refractivity (Wildman–Crippen MR) is 114 cm³/mol. The minimum Gasteiger partial charge on any atom is -0.462 e. The second-order valence-electron chi connectivity index (χ2n) is 7.11. The maximum atomic E-state index is 12.3. The molecule has 0 aromatic heterocycles. The number of carbonyl (C=O) groups is 4. The van der Waals surface area contributed by atoms with Crippen LogP contribution in [0.5, 0.6) is 0 Å². The van der Waals surface area contributed by atoms with Crippen LogP contribution in [0, 0.1) is 5.92 Å². The lowest BCUT2D eigenvalue weighted by Crippen LogP contribution is -2.28. The molecule has 0 saturated carbocycles. The number of amides is 2. The summed E-state index contributed by atoms with van der Waals surface area (Å²) < 4.78 is 10.1. The number of nitrogens with zero attached hydrogens (tertiary/aromatic N) is 1. The average molecular weight is 424 g/mol. The van der Waals surface area contributed by atoms with E-state index in [-0.39, 0.29) is 18.9 Å². The first-order valence-electron chi connectivity index (χ1n) is 10.1. The van der Waals surface area contributed by atoms with Crippen LogP contribution >= 0.6 is 0 Å². The summed E-state index contributed by atoms with van der Waals surface area (Å²) in [6.07, 6.45) is 0.781. The summed E-state index contributed by atoms with van der Waals surface area (Å²) in [5.74, 6) is -2.30. The van der Waals surface area contributed by atoms with Gasteiger partial charge in [-0.25, -0.2) is 4.79 Å². The molecular formula is C23H24N2O6. The zero-order valence-corrected chi connectivity index (χ0v) is 17.2. The van der Waals surface area contributed by atoms with Crippen molar-refractivity contribution in [2.75, 3.05) is 30.0 Å². The SMILES string of the molecule is CCCOC(=O)c1ccc(NC(=O)COC(=O)[C@@H]2CC(=O)N(c3ccccc3)C2)cc1. The van der Waals surface area contributed by atoms with E-state index in [1.807, 2.05) is 25.1 Å². The van der Waals surface area contributed by atoms with Gasteiger partial charge < -0.3 is 19.7 Å². The minimum absolute atomic E-state index is 0.0466. The van der Waals surface area contributed by atoms with Crippen molar-refractivity contribution in [2.45, 2.75) is 19.8 Å². The lowest BCUT2D eigenvalue weighted by Gasteiger charge is -2.16. The molecule has 31 heavy (non-hydrogen) atoms. The van der Waals surface area contributed by atoms with Crippen LogP contribution in [-0.4, -0.2) is 43.5 Å². The van der Waals surface area contributed by atoms with E-state index in [1.54, 1.807) is 41.3 Å². The van der Waals surface area contributed by atoms with E-state index in [0.29, 0.717) is 17.9 Å². The van der Waals surface area contributed by atoms with Crippen molar-refractivity contribution in [3.05, 3.63) is 60.2 Å². The molecule has 0 radical (unpaired) electrons. The van der Waals surface area contributed by atoms with Crippen molar-refractivity contribution in [1.82, 2.24) is 0 Å². The van der Waals surface area contributed by atoms with Gasteiger partial charge in [0.25, 0.3) is 5.91 Å². The van der Waals surface area contributed by atoms with Crippen molar-refractivity contribution in [3.8, 4) is 0 Å². The summed E-state index contributed by atoms with van der Waals surface area (Å²) in [6, 6.07) is 15.3. The highest BCUT2D eigenvalue weighted by atomic mass is 16.5. The molecule has 8 heteroatoms. The van der Waals surface area contributed by atoms with E-state index in [0.717, 1.165) is 12.1 Å². The van der Waals surface area contributed by atoms with Crippen LogP contribution in [0.1, 0.15) is 30.1 Å². The van der Waals surface area contributed by atoms with E-state index < -0.39 is 30.4 Å². The topological polar surface area (TPSA) is 102 Å². The molecule has 2 aromatic carbocycles. The van der Waals surface area contributed by atoms with Gasteiger partial charge in [0, 0.05) is 24.3 Å². The number of carbonyl (C=O) groups excluding carboxylic acids is 4. The molecule has 1 fully saturated rings. The van der Waals surface area contributed by atoms with Gasteiger partial charge in [0.1, 0.15) is 0 Å². The quantitative estimate of drug-likeness (QED) is 0.654. The highest BCUT2D eigenvalue weighted by molar-refractivity contribution is 6.00. The van der Waals surface area contributed by atoms with Crippen LogP contribution in [0.3, 0.4) is 0 Å². The molecule has 0 aliphatic carbocycles. The van der Waals surface area contributed by atoms with Gasteiger partial charge in [0.2, 0.25) is 5.91 Å². The normalized spacial score (nSPS) is 15.5. The zero-order chi connectivity index (χ0) is 22.2. The van der Waals surface area contributed by atoms with E-state index in [2.05, 4.69) is 5.32 Å². The number of rotatable bonds is 8. The zero-order valence-electron chi connectivity index (χ0n) is 17.2. The molecule has 0 unspecified atom stereocenters. The summed E-state index contributed by atoms with van der Waals surface area (Å²) in [5, 5.41) is 2.59. The highest BCUT2D eigenvalue weighted by Gasteiger charge is 2.36. The van der Waals surface area contributed by atoms with Crippen LogP contribution in [-0.2, 0) is 23.9 Å². The molecule has 3 rings (SSSR count). The second-order valence-corrected chi connectivity index (χ2v) is 7.11. The first kappa shape index (κ1) is 22.0. The third-order valence-corrected chi connectivity index (χ3v) is 4.71. The van der Waals surface area contributed by atoms with Gasteiger partial charge in [-0.3, -0.25) is 14.4 Å². The summed E-state index contributed by atoms with van der Waals surface area (Å²) in [7, 11) is 0. The maximum absolute atomic E-state index is 12.3. The number of anilines is 2. The third-order valence-electron chi connectivity index (χ3n) is 4.71. The lowest BCUT2D eigenvalue weighted by atomic mass is 10.1. The summed E-state index contributed by atoms with van der Waals surface area (Å²) in [5.41, 5.74) is 1.56. The Balaban J connectivity index is 1.46. The Morgan fingerprint density at radius 3 is 2.42 bits per heavy atom. The second kappa shape index (κ2) is 10.4. The molecular weight excluding hydrogens is 400 g/mol. The molecule has 2 amide bonds. The fourth-order valence-corrected chi connectivity index (χ4v) is 3.14. The maximum Gasteiger partial charge on any atom is 0.338 e. The van der Waals surface area contributed by atoms with Crippen molar-refractivity contribution in [3.63, 3.8) is 0 Å². The van der Waals surface area contributed by atoms with Crippen LogP contribution in [0.15, 0.2) is 54.6 Å². The number of ether oxygens (including phenoxy) is 2. The van der Waals surface area contributed by atoms with Crippen LogP contribution < -0.4 is 10.2 Å². The largest absolute Gasteiger partial charge is 0.462 e. The number of hydrogen-bond acceptors (Lipinski definition) is 6. The van der Waals surface area contributed by atoms with Gasteiger partial charge in [-0.05, 0) is 42.8 Å². The highest BCUT2D eigenvalue weighted by Crippen LogP contribution is 2.25. The van der Waals surface area contributed by atoms with Gasteiger partial charge >= 0.3 is 11.9 Å². The van der Waals surface area contributed by atoms with Gasteiger partial charge in [0.15, 0.2) is 6.61 Å². The molecule has 162 valence electrons. The number of esters is 2. The van der Waals surface area contributed by atoms with E-state index in [9.17, 15) is 19.2 Å². The molecule has 2 aromatic rings. The predicted octanol–water partition coefficient (Wildman–Crippen LogP) is 2.79. The molecule has 1 atom stereocenters. The van der Waals surface area contributed by atoms with E-state index in [4.69, 9.17) is 9.47 Å². The Morgan fingerprint density at radius 2 is 1.74 bits per heavy atom. The van der Waals surface area contributed by atoms with Crippen LogP contribution in [0.4, 0.5) is 11.4 Å². The summed E-state index contributed by atoms with van der Waals surface area (Å²) in [6.45, 7) is 2.01. The standard InChI is InChI=1S/C23H24N2O6/c1-2-12-30-22(28)16-8-10-18(11-9-16)24-20(26)15-31-23(29)17-13-21(27)25(14-17)19-6-4-3-5-7-19/h3-11,17H,2,12-15H2,1H3,(H,24,26)/t17-/m1/s1. The fraction of sp³-hybridized carbons (Fsp3) is 0.304. The molecule has 8 nitrogen and oxygen atoms in total. The molecule has 0 bridgehead atoms. The van der Waals surface area contributed by atoms with Crippen LogP contribution in [0.25, 0.3) is 0 Å². The Labute approximate surface area is 180 Å². The first-order chi connectivity index (χ1) is 15.0. The lowest BCUT2D eigenvalue weighted by molar-refractivity contribution is -0.151. The Hall–Kier alpha value is -3.68.